The monoisotopic (exact) mass is 395 g/mol. The smallest absolute Gasteiger partial charge is 0.134 e. The molecule has 1 heterocycles. The molecule has 0 atom stereocenters. The molecule has 1 fully saturated rings. The molecule has 0 spiro atoms. The Bertz CT molecular complexity index is 717. The Morgan fingerprint density at radius 3 is 2.33 bits per heavy atom. The molecule has 2 aromatic rings. The van der Waals surface area contributed by atoms with Crippen LogP contribution in [0.15, 0.2) is 41.3 Å². The zero-order chi connectivity index (χ0) is 19.8. The van der Waals surface area contributed by atoms with Gasteiger partial charge in [0.2, 0.25) is 0 Å². The average molecular weight is 396 g/mol. The van der Waals surface area contributed by atoms with Crippen molar-refractivity contribution in [2.24, 2.45) is 17.4 Å². The summed E-state index contributed by atoms with van der Waals surface area (Å²) >= 11 is 3.97. The van der Waals surface area contributed by atoms with Crippen LogP contribution in [0.5, 0.6) is 5.75 Å². The maximum Gasteiger partial charge on any atom is 0.134 e. The minimum absolute atomic E-state index is 0.0217. The third-order valence-electron chi connectivity index (χ3n) is 4.70. The molecule has 4 nitrogen and oxygen atoms in total. The van der Waals surface area contributed by atoms with Gasteiger partial charge in [-0.05, 0) is 62.7 Å². The summed E-state index contributed by atoms with van der Waals surface area (Å²) in [6.07, 6.45) is 2.52. The lowest BCUT2D eigenvalue weighted by Crippen LogP contribution is -2.38. The summed E-state index contributed by atoms with van der Waals surface area (Å²) in [4.78, 5) is 2.86. The molecule has 1 saturated heterocycles. The Morgan fingerprint density at radius 2 is 1.78 bits per heavy atom. The summed E-state index contributed by atoms with van der Waals surface area (Å²) < 4.78 is 27.0. The van der Waals surface area contributed by atoms with E-state index in [-0.39, 0.29) is 16.9 Å². The molecule has 3 rings (SSSR count). The van der Waals surface area contributed by atoms with E-state index in [1.165, 1.54) is 62.3 Å². The van der Waals surface area contributed by atoms with E-state index in [9.17, 15) is 13.9 Å². The number of halogens is 2. The molecule has 0 aliphatic carbocycles. The lowest BCUT2D eigenvalue weighted by atomic mass is 9.97. The number of aromatic hydroxyl groups is 1. The van der Waals surface area contributed by atoms with Crippen LogP contribution in [0, 0.1) is 17.6 Å². The molecule has 0 amide bonds. The van der Waals surface area contributed by atoms with Gasteiger partial charge < -0.3 is 21.5 Å². The van der Waals surface area contributed by atoms with Gasteiger partial charge in [0.1, 0.15) is 17.4 Å². The number of likely N-dealkylation sites (tertiary alicyclic amines) is 1. The van der Waals surface area contributed by atoms with Crippen LogP contribution in [-0.4, -0.2) is 42.7 Å². The molecule has 0 radical (unpaired) electrons. The Morgan fingerprint density at radius 1 is 1.07 bits per heavy atom. The second kappa shape index (κ2) is 10.6. The molecular weight excluding hydrogens is 368 g/mol. The Hall–Kier alpha value is -1.67. The quantitative estimate of drug-likeness (QED) is 0.600. The number of nitrogens with two attached hydrogens (primary N) is 2. The largest absolute Gasteiger partial charge is 0.507 e. The van der Waals surface area contributed by atoms with Crippen molar-refractivity contribution in [3.63, 3.8) is 0 Å². The number of thiol groups is 1. The molecule has 2 aromatic carbocycles. The minimum atomic E-state index is -0.661. The fraction of sp³-hybridized carbons (Fsp3) is 0.400. The van der Waals surface area contributed by atoms with Crippen molar-refractivity contribution in [1.29, 1.82) is 0 Å². The summed E-state index contributed by atoms with van der Waals surface area (Å²) in [6, 6.07) is 7.93. The second-order valence-corrected chi connectivity index (χ2v) is 7.12. The number of nitrogens with zero attached hydrogens (tertiary/aromatic N) is 1. The molecule has 148 valence electrons. The molecule has 0 aromatic heterocycles. The zero-order valence-electron chi connectivity index (χ0n) is 15.2. The van der Waals surface area contributed by atoms with E-state index < -0.39 is 11.6 Å². The summed E-state index contributed by atoms with van der Waals surface area (Å²) in [7, 11) is 0. The topological polar surface area (TPSA) is 75.5 Å². The van der Waals surface area contributed by atoms with Crippen molar-refractivity contribution in [3.8, 4) is 16.9 Å². The molecule has 0 saturated carbocycles. The van der Waals surface area contributed by atoms with Crippen molar-refractivity contribution < 1.29 is 13.9 Å². The minimum Gasteiger partial charge on any atom is -0.507 e. The van der Waals surface area contributed by atoms with Gasteiger partial charge in [-0.15, -0.1) is 12.6 Å². The first-order valence-corrected chi connectivity index (χ1v) is 9.49. The van der Waals surface area contributed by atoms with E-state index >= 15 is 0 Å². The predicted octanol–water partition coefficient (Wildman–Crippen LogP) is 3.24. The van der Waals surface area contributed by atoms with Gasteiger partial charge in [-0.2, -0.15) is 0 Å². The standard InChI is InChI=1S/C12H8F2OS.C8H19N3/c13-9-2-1-3-11(15)12(9)8-5-4-7(16)6-10(8)14;9-3-6-11-4-1-8(7-10)2-5-11/h1-6,15-16H;8H,1-7,9-10H2. The number of piperidine rings is 1. The van der Waals surface area contributed by atoms with E-state index in [0.717, 1.165) is 25.6 Å². The molecule has 0 unspecified atom stereocenters. The van der Waals surface area contributed by atoms with Gasteiger partial charge in [0.05, 0.1) is 5.56 Å². The van der Waals surface area contributed by atoms with Crippen molar-refractivity contribution in [2.75, 3.05) is 32.7 Å². The molecular formula is C20H27F2N3OS. The van der Waals surface area contributed by atoms with Crippen molar-refractivity contribution in [3.05, 3.63) is 48.0 Å². The molecule has 27 heavy (non-hydrogen) atoms. The molecule has 0 bridgehead atoms. The van der Waals surface area contributed by atoms with Crippen molar-refractivity contribution >= 4 is 12.6 Å². The van der Waals surface area contributed by atoms with Gasteiger partial charge >= 0.3 is 0 Å². The number of phenolic OH excluding ortho intramolecular Hbond substituents is 1. The maximum absolute atomic E-state index is 13.6. The Balaban J connectivity index is 0.000000208. The third kappa shape index (κ3) is 6.17. The second-order valence-electron chi connectivity index (χ2n) is 6.61. The first kappa shape index (κ1) is 21.6. The SMILES string of the molecule is NCCN1CCC(CN)CC1.Oc1cccc(F)c1-c1ccc(S)cc1F. The highest BCUT2D eigenvalue weighted by Crippen LogP contribution is 2.33. The predicted molar refractivity (Wildman–Crippen MR) is 108 cm³/mol. The highest BCUT2D eigenvalue weighted by Gasteiger charge is 2.16. The normalized spacial score (nSPS) is 15.3. The van der Waals surface area contributed by atoms with E-state index in [2.05, 4.69) is 17.5 Å². The number of phenols is 1. The summed E-state index contributed by atoms with van der Waals surface area (Å²) in [6.45, 7) is 5.08. The highest BCUT2D eigenvalue weighted by atomic mass is 32.1. The van der Waals surface area contributed by atoms with Gasteiger partial charge in [-0.1, -0.05) is 12.1 Å². The van der Waals surface area contributed by atoms with Crippen molar-refractivity contribution in [2.45, 2.75) is 17.7 Å². The average Bonchev–Trinajstić information content (AvgIpc) is 2.65. The zero-order valence-corrected chi connectivity index (χ0v) is 16.1. The number of hydrogen-bond donors (Lipinski definition) is 4. The Kier molecular flexibility index (Phi) is 8.50. The first-order valence-electron chi connectivity index (χ1n) is 9.05. The van der Waals surface area contributed by atoms with Gasteiger partial charge in [-0.3, -0.25) is 0 Å². The van der Waals surface area contributed by atoms with Crippen molar-refractivity contribution in [1.82, 2.24) is 4.90 Å². The van der Waals surface area contributed by atoms with Crippen LogP contribution in [-0.2, 0) is 0 Å². The van der Waals surface area contributed by atoms with E-state index in [1.807, 2.05) is 0 Å². The van der Waals surface area contributed by atoms with E-state index in [4.69, 9.17) is 11.5 Å². The first-order chi connectivity index (χ1) is 13.0. The Labute approximate surface area is 164 Å². The van der Waals surface area contributed by atoms with Gasteiger partial charge in [0.25, 0.3) is 0 Å². The van der Waals surface area contributed by atoms with Crippen LogP contribution in [0.3, 0.4) is 0 Å². The molecule has 7 heteroatoms. The maximum atomic E-state index is 13.6. The number of hydrogen-bond acceptors (Lipinski definition) is 5. The fourth-order valence-corrected chi connectivity index (χ4v) is 3.30. The fourth-order valence-electron chi connectivity index (χ4n) is 3.11. The summed E-state index contributed by atoms with van der Waals surface area (Å²) in [5.74, 6) is -0.798. The summed E-state index contributed by atoms with van der Waals surface area (Å²) in [5.41, 5.74) is 10.9. The lowest BCUT2D eigenvalue weighted by molar-refractivity contribution is 0.192. The van der Waals surface area contributed by atoms with Gasteiger partial charge in [-0.25, -0.2) is 8.78 Å². The van der Waals surface area contributed by atoms with E-state index in [0.29, 0.717) is 4.90 Å². The lowest BCUT2D eigenvalue weighted by Gasteiger charge is -2.30. The van der Waals surface area contributed by atoms with Crippen LogP contribution >= 0.6 is 12.6 Å². The molecule has 5 N–H and O–H groups in total. The van der Waals surface area contributed by atoms with Crippen LogP contribution in [0.25, 0.3) is 11.1 Å². The van der Waals surface area contributed by atoms with Crippen LogP contribution < -0.4 is 11.5 Å². The molecule has 1 aliphatic rings. The third-order valence-corrected chi connectivity index (χ3v) is 4.98. The van der Waals surface area contributed by atoms with Gasteiger partial charge in [0, 0.05) is 23.5 Å². The highest BCUT2D eigenvalue weighted by molar-refractivity contribution is 7.80. The summed E-state index contributed by atoms with van der Waals surface area (Å²) in [5, 5.41) is 9.51. The van der Waals surface area contributed by atoms with Gasteiger partial charge in [0.15, 0.2) is 0 Å². The van der Waals surface area contributed by atoms with Crippen LogP contribution in [0.4, 0.5) is 8.78 Å². The number of rotatable bonds is 4. The van der Waals surface area contributed by atoms with E-state index in [1.54, 1.807) is 0 Å². The number of benzene rings is 2. The van der Waals surface area contributed by atoms with Crippen LogP contribution in [0.2, 0.25) is 0 Å². The molecule has 1 aliphatic heterocycles. The van der Waals surface area contributed by atoms with Crippen LogP contribution in [0.1, 0.15) is 12.8 Å².